The van der Waals surface area contributed by atoms with E-state index in [2.05, 4.69) is 15.5 Å². The van der Waals surface area contributed by atoms with E-state index in [0.29, 0.717) is 10.8 Å². The maximum absolute atomic E-state index is 5.11. The van der Waals surface area contributed by atoms with E-state index in [-0.39, 0.29) is 0 Å². The summed E-state index contributed by atoms with van der Waals surface area (Å²) in [6.45, 7) is 0. The third-order valence-corrected chi connectivity index (χ3v) is 3.28. The van der Waals surface area contributed by atoms with Gasteiger partial charge in [-0.05, 0) is 49.7 Å². The molecule has 0 spiro atoms. The second kappa shape index (κ2) is 2.64. The minimum atomic E-state index is 0.572. The number of hydrogen-bond donors (Lipinski definition) is 1. The number of tetrazole rings is 1. The van der Waals surface area contributed by atoms with Gasteiger partial charge in [-0.15, -0.1) is 0 Å². The largest absolute Gasteiger partial charge is 0.239 e. The molecule has 1 N–H and O–H groups in total. The lowest BCUT2D eigenvalue weighted by Crippen LogP contribution is -2.15. The van der Waals surface area contributed by atoms with Crippen molar-refractivity contribution in [2.75, 3.05) is 0 Å². The summed E-state index contributed by atoms with van der Waals surface area (Å²) in [6, 6.07) is 0.572. The van der Waals surface area contributed by atoms with Crippen molar-refractivity contribution in [3.8, 4) is 0 Å². The molecule has 13 heavy (non-hydrogen) atoms. The van der Waals surface area contributed by atoms with Crippen LogP contribution in [0, 0.1) is 16.6 Å². The Kier molecular flexibility index (Phi) is 1.56. The maximum atomic E-state index is 5.11. The molecule has 1 aromatic rings. The van der Waals surface area contributed by atoms with E-state index < -0.39 is 0 Å². The first-order valence-electron chi connectivity index (χ1n) is 4.86. The fourth-order valence-electron chi connectivity index (χ4n) is 2.08. The van der Waals surface area contributed by atoms with Crippen LogP contribution in [0.2, 0.25) is 0 Å². The molecule has 0 radical (unpaired) electrons. The highest BCUT2D eigenvalue weighted by Crippen LogP contribution is 2.51. The molecule has 2 saturated carbocycles. The van der Waals surface area contributed by atoms with Crippen molar-refractivity contribution in [2.24, 2.45) is 11.8 Å². The Balaban J connectivity index is 1.95. The summed E-state index contributed by atoms with van der Waals surface area (Å²) >= 11 is 5.11. The second-order valence-corrected chi connectivity index (χ2v) is 4.48. The lowest BCUT2D eigenvalue weighted by Gasteiger charge is -2.14. The zero-order valence-corrected chi connectivity index (χ0v) is 8.13. The van der Waals surface area contributed by atoms with Gasteiger partial charge in [-0.2, -0.15) is 5.21 Å². The van der Waals surface area contributed by atoms with E-state index in [1.807, 2.05) is 4.68 Å². The molecule has 4 nitrogen and oxygen atoms in total. The van der Waals surface area contributed by atoms with Crippen molar-refractivity contribution in [3.63, 3.8) is 0 Å². The van der Waals surface area contributed by atoms with E-state index >= 15 is 0 Å². The lowest BCUT2D eigenvalue weighted by atomic mass is 10.1. The Bertz CT molecular complexity index is 348. The van der Waals surface area contributed by atoms with Crippen molar-refractivity contribution in [2.45, 2.75) is 31.7 Å². The summed E-state index contributed by atoms with van der Waals surface area (Å²) in [5, 5.41) is 10.5. The SMILES string of the molecule is S=c1nn[nH]n1C(C1CC1)C1CC1. The van der Waals surface area contributed by atoms with Crippen molar-refractivity contribution in [1.29, 1.82) is 0 Å². The predicted octanol–water partition coefficient (Wildman–Crippen LogP) is 1.70. The Morgan fingerprint density at radius 2 is 1.92 bits per heavy atom. The fraction of sp³-hybridized carbons (Fsp3) is 0.875. The van der Waals surface area contributed by atoms with Crippen molar-refractivity contribution in [1.82, 2.24) is 20.2 Å². The van der Waals surface area contributed by atoms with Crippen molar-refractivity contribution in [3.05, 3.63) is 4.77 Å². The average Bonchev–Trinajstić information content (AvgIpc) is 2.96. The number of rotatable bonds is 3. The molecule has 1 heterocycles. The first-order valence-corrected chi connectivity index (χ1v) is 5.26. The Morgan fingerprint density at radius 3 is 2.31 bits per heavy atom. The first kappa shape index (κ1) is 7.67. The number of aromatic amines is 1. The van der Waals surface area contributed by atoms with Crippen LogP contribution in [0.5, 0.6) is 0 Å². The predicted molar refractivity (Wildman–Crippen MR) is 49.7 cm³/mol. The highest BCUT2D eigenvalue weighted by Gasteiger charge is 2.43. The number of H-pyrrole nitrogens is 1. The Hall–Kier alpha value is -0.710. The molecule has 0 atom stereocenters. The molecule has 1 aromatic heterocycles. The molecule has 2 aliphatic rings. The standard InChI is InChI=1S/C8H12N4S/c13-8-9-10-11-12(8)7(5-1-2-5)6-3-4-6/h5-7H,1-4H2,(H,9,11,13). The number of nitrogens with one attached hydrogen (secondary N) is 1. The van der Waals surface area contributed by atoms with E-state index in [4.69, 9.17) is 12.2 Å². The molecular formula is C8H12N4S. The van der Waals surface area contributed by atoms with Crippen LogP contribution in [0.15, 0.2) is 0 Å². The maximum Gasteiger partial charge on any atom is 0.238 e. The summed E-state index contributed by atoms with van der Waals surface area (Å²) in [7, 11) is 0. The zero-order valence-electron chi connectivity index (χ0n) is 7.31. The van der Waals surface area contributed by atoms with E-state index in [1.54, 1.807) is 0 Å². The first-order chi connectivity index (χ1) is 6.36. The van der Waals surface area contributed by atoms with Gasteiger partial charge < -0.3 is 0 Å². The van der Waals surface area contributed by atoms with Gasteiger partial charge in [-0.25, -0.2) is 4.68 Å². The molecule has 2 aliphatic carbocycles. The molecule has 0 amide bonds. The summed E-state index contributed by atoms with van der Waals surface area (Å²) in [5.74, 6) is 1.67. The molecule has 0 saturated heterocycles. The van der Waals surface area contributed by atoms with E-state index in [1.165, 1.54) is 25.7 Å². The van der Waals surface area contributed by atoms with Gasteiger partial charge in [0.05, 0.1) is 6.04 Å². The Morgan fingerprint density at radius 1 is 1.31 bits per heavy atom. The molecule has 0 unspecified atom stereocenters. The van der Waals surface area contributed by atoms with Gasteiger partial charge in [0.15, 0.2) is 0 Å². The van der Waals surface area contributed by atoms with Gasteiger partial charge >= 0.3 is 0 Å². The minimum absolute atomic E-state index is 0.572. The molecule has 0 aliphatic heterocycles. The smallest absolute Gasteiger partial charge is 0.238 e. The fourth-order valence-corrected chi connectivity index (χ4v) is 2.28. The summed E-state index contributed by atoms with van der Waals surface area (Å²) in [4.78, 5) is 0. The van der Waals surface area contributed by atoms with Crippen LogP contribution in [-0.4, -0.2) is 20.2 Å². The highest BCUT2D eigenvalue weighted by atomic mass is 32.1. The van der Waals surface area contributed by atoms with Crippen molar-refractivity contribution >= 4 is 12.2 Å². The van der Waals surface area contributed by atoms with Gasteiger partial charge in [0, 0.05) is 0 Å². The van der Waals surface area contributed by atoms with Gasteiger partial charge in [0.25, 0.3) is 0 Å². The van der Waals surface area contributed by atoms with Crippen molar-refractivity contribution < 1.29 is 0 Å². The second-order valence-electron chi connectivity index (χ2n) is 4.12. The van der Waals surface area contributed by atoms with Crippen LogP contribution in [0.3, 0.4) is 0 Å². The highest BCUT2D eigenvalue weighted by molar-refractivity contribution is 7.71. The summed E-state index contributed by atoms with van der Waals surface area (Å²) < 4.78 is 2.61. The van der Waals surface area contributed by atoms with E-state index in [0.717, 1.165) is 11.8 Å². The topological polar surface area (TPSA) is 46.5 Å². The molecule has 3 rings (SSSR count). The van der Waals surface area contributed by atoms with Crippen LogP contribution >= 0.6 is 12.2 Å². The molecule has 5 heteroatoms. The van der Waals surface area contributed by atoms with E-state index in [9.17, 15) is 0 Å². The number of aromatic nitrogens is 4. The number of hydrogen-bond acceptors (Lipinski definition) is 3. The molecule has 0 bridgehead atoms. The molecule has 0 aromatic carbocycles. The molecule has 70 valence electrons. The van der Waals surface area contributed by atoms with Crippen LogP contribution < -0.4 is 0 Å². The summed E-state index contributed by atoms with van der Waals surface area (Å²) in [6.07, 6.45) is 5.40. The van der Waals surface area contributed by atoms with Gasteiger partial charge in [-0.1, -0.05) is 10.3 Å². The third kappa shape index (κ3) is 1.31. The normalized spacial score (nSPS) is 22.5. The molecule has 2 fully saturated rings. The van der Waals surface area contributed by atoms with Crippen LogP contribution in [0.1, 0.15) is 31.7 Å². The monoisotopic (exact) mass is 196 g/mol. The third-order valence-electron chi connectivity index (χ3n) is 3.00. The van der Waals surface area contributed by atoms with Gasteiger partial charge in [-0.3, -0.25) is 0 Å². The zero-order chi connectivity index (χ0) is 8.84. The number of nitrogens with zero attached hydrogens (tertiary/aromatic N) is 3. The quantitative estimate of drug-likeness (QED) is 0.748. The minimum Gasteiger partial charge on any atom is -0.239 e. The summed E-state index contributed by atoms with van der Waals surface area (Å²) in [5.41, 5.74) is 0. The Labute approximate surface area is 81.3 Å². The lowest BCUT2D eigenvalue weighted by molar-refractivity contribution is 0.350. The van der Waals surface area contributed by atoms with Gasteiger partial charge in [0.2, 0.25) is 4.77 Å². The van der Waals surface area contributed by atoms with Gasteiger partial charge in [0.1, 0.15) is 0 Å². The van der Waals surface area contributed by atoms with Crippen LogP contribution in [-0.2, 0) is 0 Å². The van der Waals surface area contributed by atoms with Crippen LogP contribution in [0.4, 0.5) is 0 Å². The average molecular weight is 196 g/mol. The van der Waals surface area contributed by atoms with Crippen LogP contribution in [0.25, 0.3) is 0 Å². The molecular weight excluding hydrogens is 184 g/mol.